The summed E-state index contributed by atoms with van der Waals surface area (Å²) < 4.78 is 0. The zero-order valence-corrected chi connectivity index (χ0v) is 22.1. The Kier molecular flexibility index (Phi) is 4.80. The fourth-order valence-electron chi connectivity index (χ4n) is 11.4. The Hall–Kier alpha value is -0.0400. The van der Waals surface area contributed by atoms with E-state index in [1.165, 1.54) is 64.2 Å². The smallest absolute Gasteiger partial charge is 0.0571 e. The Morgan fingerprint density at radius 3 is 1.90 bits per heavy atom. The normalized spacial score (nSPS) is 60.9. The number of rotatable bonds is 0. The van der Waals surface area contributed by atoms with E-state index in [-0.39, 0.29) is 6.10 Å². The van der Waals surface area contributed by atoms with Gasteiger partial charge in [0.2, 0.25) is 0 Å². The van der Waals surface area contributed by atoms with Crippen LogP contribution in [0.5, 0.6) is 0 Å². The SMILES string of the molecule is C[C@H]1[C@H](O)CC[C@@H]2[C@@]1(C)CC[C@H]1[C@]2(C)CC[C@@]2(C)[C@@H]3CC(C)(C)CC[C@]3(C)CC[C@]12C. The molecule has 0 aromatic rings. The van der Waals surface area contributed by atoms with E-state index in [4.69, 9.17) is 0 Å². The molecule has 1 heteroatoms. The van der Waals surface area contributed by atoms with Gasteiger partial charge in [-0.3, -0.25) is 0 Å². The summed E-state index contributed by atoms with van der Waals surface area (Å²) in [5.41, 5.74) is 2.88. The van der Waals surface area contributed by atoms with Gasteiger partial charge in [-0.25, -0.2) is 0 Å². The molecule has 0 bridgehead atoms. The summed E-state index contributed by atoms with van der Waals surface area (Å²) in [4.78, 5) is 0. The van der Waals surface area contributed by atoms with E-state index < -0.39 is 0 Å². The van der Waals surface area contributed by atoms with Crippen LogP contribution in [0.2, 0.25) is 0 Å². The van der Waals surface area contributed by atoms with Crippen molar-refractivity contribution in [3.8, 4) is 0 Å². The third-order valence-electron chi connectivity index (χ3n) is 13.9. The van der Waals surface area contributed by atoms with Crippen LogP contribution in [0.1, 0.15) is 126 Å². The average Bonchev–Trinajstić information content (AvgIpc) is 2.69. The Morgan fingerprint density at radius 1 is 0.581 bits per heavy atom. The topological polar surface area (TPSA) is 20.2 Å². The third-order valence-corrected chi connectivity index (χ3v) is 13.9. The molecule has 0 aromatic carbocycles. The van der Waals surface area contributed by atoms with Crippen molar-refractivity contribution in [3.63, 3.8) is 0 Å². The first-order valence-electron chi connectivity index (χ1n) is 13.9. The summed E-state index contributed by atoms with van der Waals surface area (Å²) in [6.45, 7) is 20.9. The van der Waals surface area contributed by atoms with Crippen LogP contribution in [0.4, 0.5) is 0 Å². The summed E-state index contributed by atoms with van der Waals surface area (Å²) in [6, 6.07) is 0. The van der Waals surface area contributed by atoms with Crippen molar-refractivity contribution >= 4 is 0 Å². The van der Waals surface area contributed by atoms with Crippen LogP contribution in [-0.4, -0.2) is 11.2 Å². The van der Waals surface area contributed by atoms with Gasteiger partial charge in [0.05, 0.1) is 6.10 Å². The van der Waals surface area contributed by atoms with Crippen molar-refractivity contribution in [3.05, 3.63) is 0 Å². The molecule has 0 unspecified atom stereocenters. The van der Waals surface area contributed by atoms with Crippen LogP contribution in [0.25, 0.3) is 0 Å². The predicted molar refractivity (Wildman–Crippen MR) is 131 cm³/mol. The molecule has 1 nitrogen and oxygen atoms in total. The van der Waals surface area contributed by atoms with Crippen LogP contribution in [0.3, 0.4) is 0 Å². The number of hydrogen-bond acceptors (Lipinski definition) is 1. The molecular formula is C30H52O. The highest BCUT2D eigenvalue weighted by molar-refractivity contribution is 5.19. The van der Waals surface area contributed by atoms with Gasteiger partial charge in [0.1, 0.15) is 0 Å². The van der Waals surface area contributed by atoms with Crippen LogP contribution < -0.4 is 0 Å². The van der Waals surface area contributed by atoms with Gasteiger partial charge in [0.15, 0.2) is 0 Å². The minimum absolute atomic E-state index is 0.0781. The number of hydrogen-bond donors (Lipinski definition) is 1. The van der Waals surface area contributed by atoms with Gasteiger partial charge in [-0.2, -0.15) is 0 Å². The van der Waals surface area contributed by atoms with Crippen LogP contribution in [0, 0.1) is 56.2 Å². The molecule has 5 rings (SSSR count). The fourth-order valence-corrected chi connectivity index (χ4v) is 11.4. The van der Waals surface area contributed by atoms with E-state index in [0.717, 1.165) is 24.2 Å². The zero-order chi connectivity index (χ0) is 22.7. The van der Waals surface area contributed by atoms with Gasteiger partial charge >= 0.3 is 0 Å². The standard InChI is InChI=1S/C30H52O/c1-20-21(31)9-10-22-27(20,5)12-11-23-28(22,6)16-18-30(8)24-19-25(2,3)13-14-26(24,4)15-17-29(23,30)7/h20-24,31H,9-19H2,1-8H3/t20-,21+,22+,23-,24+,26+,27-,28+,29+,30-/m0/s1. The van der Waals surface area contributed by atoms with Gasteiger partial charge in [0.25, 0.3) is 0 Å². The summed E-state index contributed by atoms with van der Waals surface area (Å²) in [7, 11) is 0. The first-order valence-corrected chi connectivity index (χ1v) is 13.9. The highest BCUT2D eigenvalue weighted by Gasteiger charge is 2.70. The van der Waals surface area contributed by atoms with Gasteiger partial charge in [-0.05, 0) is 127 Å². The third kappa shape index (κ3) is 2.77. The Morgan fingerprint density at radius 2 is 1.19 bits per heavy atom. The van der Waals surface area contributed by atoms with Crippen molar-refractivity contribution in [2.75, 3.05) is 0 Å². The Labute approximate surface area is 193 Å². The largest absolute Gasteiger partial charge is 0.393 e. The van der Waals surface area contributed by atoms with E-state index in [0.29, 0.717) is 38.4 Å². The second-order valence-corrected chi connectivity index (χ2v) is 15.5. The van der Waals surface area contributed by atoms with Crippen molar-refractivity contribution in [1.82, 2.24) is 0 Å². The van der Waals surface area contributed by atoms with Gasteiger partial charge in [-0.15, -0.1) is 0 Å². The van der Waals surface area contributed by atoms with E-state index >= 15 is 0 Å². The molecule has 0 radical (unpaired) electrons. The van der Waals surface area contributed by atoms with Gasteiger partial charge in [0, 0.05) is 0 Å². The predicted octanol–water partition coefficient (Wildman–Crippen LogP) is 8.25. The molecule has 0 heterocycles. The number of aliphatic hydroxyl groups is 1. The Balaban J connectivity index is 1.54. The first-order chi connectivity index (χ1) is 14.2. The minimum Gasteiger partial charge on any atom is -0.393 e. The second kappa shape index (κ2) is 6.55. The van der Waals surface area contributed by atoms with Crippen LogP contribution >= 0.6 is 0 Å². The first kappa shape index (κ1) is 22.7. The molecule has 0 aliphatic heterocycles. The lowest BCUT2D eigenvalue weighted by Crippen LogP contribution is -2.67. The highest BCUT2D eigenvalue weighted by Crippen LogP contribution is 2.78. The van der Waals surface area contributed by atoms with Crippen molar-refractivity contribution in [2.45, 2.75) is 132 Å². The molecule has 178 valence electrons. The lowest BCUT2D eigenvalue weighted by Gasteiger charge is -2.75. The highest BCUT2D eigenvalue weighted by atomic mass is 16.3. The van der Waals surface area contributed by atoms with Crippen molar-refractivity contribution in [2.24, 2.45) is 56.2 Å². The summed E-state index contributed by atoms with van der Waals surface area (Å²) in [5, 5.41) is 10.7. The second-order valence-electron chi connectivity index (χ2n) is 15.5. The molecule has 1 N–H and O–H groups in total. The summed E-state index contributed by atoms with van der Waals surface area (Å²) in [5.74, 6) is 3.02. The molecule has 5 saturated carbocycles. The fraction of sp³-hybridized carbons (Fsp3) is 1.00. The van der Waals surface area contributed by atoms with E-state index in [1.54, 1.807) is 0 Å². The van der Waals surface area contributed by atoms with E-state index in [2.05, 4.69) is 55.4 Å². The molecule has 5 fully saturated rings. The molecule has 0 spiro atoms. The molecule has 0 aromatic heterocycles. The molecule has 5 aliphatic carbocycles. The maximum atomic E-state index is 10.7. The molecule has 10 atom stereocenters. The summed E-state index contributed by atoms with van der Waals surface area (Å²) >= 11 is 0. The van der Waals surface area contributed by atoms with Crippen molar-refractivity contribution in [1.29, 1.82) is 0 Å². The lowest BCUT2D eigenvalue weighted by molar-refractivity contribution is -0.263. The number of aliphatic hydroxyl groups excluding tert-OH is 1. The average molecular weight is 429 g/mol. The lowest BCUT2D eigenvalue weighted by atomic mass is 9.30. The van der Waals surface area contributed by atoms with Crippen molar-refractivity contribution < 1.29 is 5.11 Å². The summed E-state index contributed by atoms with van der Waals surface area (Å²) in [6.07, 6.45) is 15.1. The zero-order valence-electron chi connectivity index (χ0n) is 22.1. The minimum atomic E-state index is -0.0781. The van der Waals surface area contributed by atoms with Gasteiger partial charge in [-0.1, -0.05) is 55.4 Å². The van der Waals surface area contributed by atoms with Gasteiger partial charge < -0.3 is 5.11 Å². The molecule has 0 saturated heterocycles. The monoisotopic (exact) mass is 428 g/mol. The van der Waals surface area contributed by atoms with Crippen LogP contribution in [-0.2, 0) is 0 Å². The molecule has 0 amide bonds. The Bertz CT molecular complexity index is 741. The maximum absolute atomic E-state index is 10.7. The molecule has 31 heavy (non-hydrogen) atoms. The molecular weight excluding hydrogens is 376 g/mol. The van der Waals surface area contributed by atoms with E-state index in [1.807, 2.05) is 0 Å². The molecule has 5 aliphatic rings. The number of fused-ring (bicyclic) bond motifs is 7. The van der Waals surface area contributed by atoms with Crippen LogP contribution in [0.15, 0.2) is 0 Å². The van der Waals surface area contributed by atoms with E-state index in [9.17, 15) is 5.11 Å². The quantitative estimate of drug-likeness (QED) is 0.412. The maximum Gasteiger partial charge on any atom is 0.0571 e.